The van der Waals surface area contributed by atoms with Crippen LogP contribution < -0.4 is 5.32 Å². The van der Waals surface area contributed by atoms with E-state index in [-0.39, 0.29) is 11.9 Å². The molecule has 6 nitrogen and oxygen atoms in total. The Hall–Kier alpha value is -2.89. The second kappa shape index (κ2) is 10.2. The molecular formula is C20H25N3O3. The minimum atomic E-state index is -0.364. The molecule has 2 rings (SSSR count). The molecule has 1 aromatic carbocycles. The highest BCUT2D eigenvalue weighted by molar-refractivity contribution is 5.95. The van der Waals surface area contributed by atoms with Crippen LogP contribution in [-0.2, 0) is 16.0 Å². The standard InChI is InChI=1S/C20H25N3O3/c1-3-26-20(25)17-6-4-5-7-18(17)22-14-10-19(24)23(2)15-11-16-8-12-21-13-9-16/h4-9,12-13,22H,3,10-11,14-15H2,1-2H3. The maximum absolute atomic E-state index is 12.3. The molecule has 2 aromatic rings. The van der Waals surface area contributed by atoms with E-state index in [9.17, 15) is 9.59 Å². The Balaban J connectivity index is 1.80. The largest absolute Gasteiger partial charge is 0.462 e. The minimum absolute atomic E-state index is 0.0557. The number of rotatable bonds is 9. The predicted octanol–water partition coefficient (Wildman–Crippen LogP) is 2.76. The molecule has 1 amide bonds. The molecule has 138 valence electrons. The Morgan fingerprint density at radius 3 is 2.62 bits per heavy atom. The number of benzene rings is 1. The summed E-state index contributed by atoms with van der Waals surface area (Å²) in [6.07, 6.45) is 4.65. The molecule has 26 heavy (non-hydrogen) atoms. The molecule has 0 aliphatic carbocycles. The number of nitrogens with one attached hydrogen (secondary N) is 1. The fraction of sp³-hybridized carbons (Fsp3) is 0.350. The number of anilines is 1. The Labute approximate surface area is 154 Å². The summed E-state index contributed by atoms with van der Waals surface area (Å²) < 4.78 is 5.05. The molecule has 0 atom stereocenters. The van der Waals surface area contributed by atoms with E-state index in [0.717, 1.165) is 12.0 Å². The van der Waals surface area contributed by atoms with Gasteiger partial charge in [0.2, 0.25) is 5.91 Å². The number of hydrogen-bond acceptors (Lipinski definition) is 5. The number of likely N-dealkylation sites (N-methyl/N-ethyl adjacent to an activating group) is 1. The first-order chi connectivity index (χ1) is 12.6. The molecule has 0 bridgehead atoms. The first kappa shape index (κ1) is 19.4. The third-order valence-electron chi connectivity index (χ3n) is 3.99. The molecule has 0 aliphatic rings. The summed E-state index contributed by atoms with van der Waals surface area (Å²) in [6.45, 7) is 3.21. The van der Waals surface area contributed by atoms with Crippen molar-refractivity contribution < 1.29 is 14.3 Å². The highest BCUT2D eigenvalue weighted by Gasteiger charge is 2.13. The van der Waals surface area contributed by atoms with Crippen molar-refractivity contribution in [2.75, 3.05) is 32.1 Å². The summed E-state index contributed by atoms with van der Waals surface area (Å²) in [5.74, 6) is -0.309. The zero-order valence-electron chi connectivity index (χ0n) is 15.3. The SMILES string of the molecule is CCOC(=O)c1ccccc1NCCC(=O)N(C)CCc1ccncc1. The van der Waals surface area contributed by atoms with E-state index in [1.165, 1.54) is 0 Å². The lowest BCUT2D eigenvalue weighted by Crippen LogP contribution is -2.30. The lowest BCUT2D eigenvalue weighted by atomic mass is 10.1. The third-order valence-corrected chi connectivity index (χ3v) is 3.99. The number of carbonyl (C=O) groups is 2. The number of para-hydroxylation sites is 1. The van der Waals surface area contributed by atoms with Gasteiger partial charge in [-0.1, -0.05) is 12.1 Å². The van der Waals surface area contributed by atoms with Gasteiger partial charge in [-0.25, -0.2) is 4.79 Å². The van der Waals surface area contributed by atoms with Crippen molar-refractivity contribution in [3.8, 4) is 0 Å². The van der Waals surface area contributed by atoms with Crippen molar-refractivity contribution in [1.29, 1.82) is 0 Å². The van der Waals surface area contributed by atoms with Gasteiger partial charge in [-0.15, -0.1) is 0 Å². The van der Waals surface area contributed by atoms with E-state index >= 15 is 0 Å². The maximum Gasteiger partial charge on any atom is 0.340 e. The van der Waals surface area contributed by atoms with Gasteiger partial charge >= 0.3 is 5.97 Å². The normalized spacial score (nSPS) is 10.2. The number of amides is 1. The third kappa shape index (κ3) is 5.88. The zero-order chi connectivity index (χ0) is 18.8. The van der Waals surface area contributed by atoms with Crippen molar-refractivity contribution in [2.45, 2.75) is 19.8 Å². The van der Waals surface area contributed by atoms with E-state index in [2.05, 4.69) is 10.3 Å². The molecular weight excluding hydrogens is 330 g/mol. The summed E-state index contributed by atoms with van der Waals surface area (Å²) in [4.78, 5) is 29.9. The van der Waals surface area contributed by atoms with Gasteiger partial charge in [-0.3, -0.25) is 9.78 Å². The summed E-state index contributed by atoms with van der Waals surface area (Å²) in [6, 6.07) is 11.1. The van der Waals surface area contributed by atoms with Crippen LogP contribution in [0.4, 0.5) is 5.69 Å². The van der Waals surface area contributed by atoms with E-state index < -0.39 is 0 Å². The van der Waals surface area contributed by atoms with Crippen molar-refractivity contribution in [2.24, 2.45) is 0 Å². The van der Waals surface area contributed by atoms with E-state index in [4.69, 9.17) is 4.74 Å². The lowest BCUT2D eigenvalue weighted by Gasteiger charge is -2.18. The van der Waals surface area contributed by atoms with Gasteiger partial charge in [0, 0.05) is 44.6 Å². The average Bonchev–Trinajstić information content (AvgIpc) is 2.67. The molecule has 0 aliphatic heterocycles. The molecule has 0 fully saturated rings. The molecule has 6 heteroatoms. The monoisotopic (exact) mass is 355 g/mol. The number of nitrogens with zero attached hydrogens (tertiary/aromatic N) is 2. The molecule has 0 saturated heterocycles. The fourth-order valence-electron chi connectivity index (χ4n) is 2.49. The van der Waals surface area contributed by atoms with Crippen LogP contribution in [0.1, 0.15) is 29.3 Å². The van der Waals surface area contributed by atoms with Gasteiger partial charge in [-0.2, -0.15) is 0 Å². The van der Waals surface area contributed by atoms with E-state index in [0.29, 0.717) is 37.4 Å². The van der Waals surface area contributed by atoms with E-state index in [1.54, 1.807) is 43.4 Å². The first-order valence-corrected chi connectivity index (χ1v) is 8.74. The zero-order valence-corrected chi connectivity index (χ0v) is 15.3. The van der Waals surface area contributed by atoms with Gasteiger partial charge in [0.15, 0.2) is 0 Å². The number of carbonyl (C=O) groups excluding carboxylic acids is 2. The van der Waals surface area contributed by atoms with Gasteiger partial charge in [0.05, 0.1) is 12.2 Å². The quantitative estimate of drug-likeness (QED) is 0.700. The molecule has 0 radical (unpaired) electrons. The first-order valence-electron chi connectivity index (χ1n) is 8.74. The van der Waals surface area contributed by atoms with Crippen LogP contribution >= 0.6 is 0 Å². The van der Waals surface area contributed by atoms with Crippen LogP contribution in [0.2, 0.25) is 0 Å². The lowest BCUT2D eigenvalue weighted by molar-refractivity contribution is -0.129. The van der Waals surface area contributed by atoms with Crippen LogP contribution in [0.25, 0.3) is 0 Å². The predicted molar refractivity (Wildman–Crippen MR) is 101 cm³/mol. The maximum atomic E-state index is 12.3. The number of aromatic nitrogens is 1. The van der Waals surface area contributed by atoms with E-state index in [1.807, 2.05) is 24.3 Å². The van der Waals surface area contributed by atoms with Crippen LogP contribution in [0.5, 0.6) is 0 Å². The van der Waals surface area contributed by atoms with Gasteiger partial charge in [0.1, 0.15) is 0 Å². The second-order valence-electron chi connectivity index (χ2n) is 5.86. The number of ether oxygens (including phenoxy) is 1. The Morgan fingerprint density at radius 1 is 1.15 bits per heavy atom. The summed E-state index contributed by atoms with van der Waals surface area (Å²) in [7, 11) is 1.80. The van der Waals surface area contributed by atoms with Gasteiger partial charge < -0.3 is 15.0 Å². The Bertz CT molecular complexity index is 719. The Kier molecular flexibility index (Phi) is 7.61. The van der Waals surface area contributed by atoms with Crippen molar-refractivity contribution >= 4 is 17.6 Å². The molecule has 0 unspecified atom stereocenters. The summed E-state index contributed by atoms with van der Waals surface area (Å²) in [5, 5.41) is 3.16. The topological polar surface area (TPSA) is 71.5 Å². The number of hydrogen-bond donors (Lipinski definition) is 1. The summed E-state index contributed by atoms with van der Waals surface area (Å²) in [5.41, 5.74) is 2.31. The Morgan fingerprint density at radius 2 is 1.88 bits per heavy atom. The van der Waals surface area contributed by atoms with Crippen molar-refractivity contribution in [1.82, 2.24) is 9.88 Å². The minimum Gasteiger partial charge on any atom is -0.462 e. The van der Waals surface area contributed by atoms with Crippen molar-refractivity contribution in [3.63, 3.8) is 0 Å². The van der Waals surface area contributed by atoms with Gasteiger partial charge in [-0.05, 0) is 43.2 Å². The average molecular weight is 355 g/mol. The van der Waals surface area contributed by atoms with Crippen LogP contribution in [0.3, 0.4) is 0 Å². The summed E-state index contributed by atoms with van der Waals surface area (Å²) >= 11 is 0. The van der Waals surface area contributed by atoms with Crippen molar-refractivity contribution in [3.05, 3.63) is 59.9 Å². The molecule has 1 heterocycles. The number of pyridine rings is 1. The smallest absolute Gasteiger partial charge is 0.340 e. The molecule has 1 N–H and O–H groups in total. The highest BCUT2D eigenvalue weighted by atomic mass is 16.5. The van der Waals surface area contributed by atoms with Crippen LogP contribution in [-0.4, -0.2) is 48.5 Å². The van der Waals surface area contributed by atoms with Crippen LogP contribution in [0.15, 0.2) is 48.8 Å². The highest BCUT2D eigenvalue weighted by Crippen LogP contribution is 2.16. The van der Waals surface area contributed by atoms with Gasteiger partial charge in [0.25, 0.3) is 0 Å². The molecule has 1 aromatic heterocycles. The molecule has 0 saturated carbocycles. The second-order valence-corrected chi connectivity index (χ2v) is 5.86. The molecule has 0 spiro atoms. The fourth-order valence-corrected chi connectivity index (χ4v) is 2.49. The number of esters is 1. The van der Waals surface area contributed by atoms with Crippen LogP contribution in [0, 0.1) is 0 Å².